The van der Waals surface area contributed by atoms with Crippen molar-refractivity contribution in [3.63, 3.8) is 0 Å². The molecule has 288 valence electrons. The Labute approximate surface area is 304 Å². The number of carbonyl (C=O) groups is 3. The van der Waals surface area contributed by atoms with Gasteiger partial charge in [-0.15, -0.1) is 0 Å². The Morgan fingerprint density at radius 2 is 0.731 bits per heavy atom. The second-order valence-corrected chi connectivity index (χ2v) is 10.1. The van der Waals surface area contributed by atoms with Gasteiger partial charge in [0.2, 0.25) is 0 Å². The molecule has 0 heterocycles. The summed E-state index contributed by atoms with van der Waals surface area (Å²) in [5.74, 6) is 0.411. The number of fused-ring (bicyclic) bond motifs is 1. The largest absolute Gasteiger partial charge is 0.491 e. The zero-order chi connectivity index (χ0) is 37.5. The highest BCUT2D eigenvalue weighted by molar-refractivity contribution is 5.94. The second kappa shape index (κ2) is 29.1. The molecule has 0 fully saturated rings. The third-order valence-electron chi connectivity index (χ3n) is 6.41. The molecule has 0 N–H and O–H groups in total. The molecular weight excluding hydrogens is 684 g/mol. The molecule has 15 heteroatoms. The Hall–Kier alpha value is -4.51. The van der Waals surface area contributed by atoms with Crippen molar-refractivity contribution >= 4 is 28.7 Å². The summed E-state index contributed by atoms with van der Waals surface area (Å²) in [7, 11) is 0. The van der Waals surface area contributed by atoms with Crippen molar-refractivity contribution < 1.29 is 71.2 Å². The number of rotatable bonds is 33. The first kappa shape index (κ1) is 43.7. The maximum absolute atomic E-state index is 11.0. The van der Waals surface area contributed by atoms with Crippen LogP contribution in [-0.2, 0) is 57.0 Å². The van der Waals surface area contributed by atoms with Crippen molar-refractivity contribution in [3.8, 4) is 17.2 Å². The molecule has 15 nitrogen and oxygen atoms in total. The van der Waals surface area contributed by atoms with E-state index in [1.165, 1.54) is 0 Å². The molecule has 0 aliphatic heterocycles. The Morgan fingerprint density at radius 3 is 1.12 bits per heavy atom. The summed E-state index contributed by atoms with van der Waals surface area (Å²) in [4.78, 5) is 33.1. The number of ether oxygens (including phenoxy) is 12. The first-order valence-corrected chi connectivity index (χ1v) is 16.8. The van der Waals surface area contributed by atoms with Crippen LogP contribution in [0, 0.1) is 0 Å². The van der Waals surface area contributed by atoms with Gasteiger partial charge in [0, 0.05) is 29.0 Å². The molecule has 0 unspecified atom stereocenters. The molecule has 52 heavy (non-hydrogen) atoms. The molecule has 0 amide bonds. The molecule has 0 aliphatic carbocycles. The van der Waals surface area contributed by atoms with Gasteiger partial charge < -0.3 is 56.8 Å². The first-order chi connectivity index (χ1) is 25.5. The molecule has 2 rings (SSSR count). The van der Waals surface area contributed by atoms with Crippen molar-refractivity contribution in [2.24, 2.45) is 0 Å². The van der Waals surface area contributed by atoms with Gasteiger partial charge >= 0.3 is 17.9 Å². The summed E-state index contributed by atoms with van der Waals surface area (Å²) in [6.45, 7) is 15.3. The fourth-order valence-corrected chi connectivity index (χ4v) is 4.00. The lowest BCUT2D eigenvalue weighted by Gasteiger charge is -2.15. The normalized spacial score (nSPS) is 10.7. The van der Waals surface area contributed by atoms with Gasteiger partial charge in [-0.1, -0.05) is 19.7 Å². The van der Waals surface area contributed by atoms with Crippen LogP contribution in [0.4, 0.5) is 0 Å². The smallest absolute Gasteiger partial charge is 0.330 e. The summed E-state index contributed by atoms with van der Waals surface area (Å²) in [6.07, 6.45) is 3.30. The molecule has 2 aromatic carbocycles. The third-order valence-corrected chi connectivity index (χ3v) is 6.41. The molecule has 0 atom stereocenters. The van der Waals surface area contributed by atoms with Crippen LogP contribution in [0.2, 0.25) is 0 Å². The standard InChI is InChI=1S/C37H50O15/c1-4-35(38)50-26-20-44-14-11-41-17-23-47-30-7-8-31-32(29-30)34(49-25-19-43-13-16-46-22-28-52-37(40)6-3)10-9-33(31)48-24-18-42-12-15-45-21-27-51-36(39)5-2/h4-10,29H,1-3,11-28H2. The Balaban J connectivity index is 1.81. The predicted molar refractivity (Wildman–Crippen MR) is 189 cm³/mol. The minimum atomic E-state index is -0.493. The van der Waals surface area contributed by atoms with Crippen molar-refractivity contribution in [1.29, 1.82) is 0 Å². The van der Waals surface area contributed by atoms with Gasteiger partial charge in [-0.2, -0.15) is 0 Å². The highest BCUT2D eigenvalue weighted by Crippen LogP contribution is 2.35. The predicted octanol–water partition coefficient (Wildman–Crippen LogP) is 3.26. The fourth-order valence-electron chi connectivity index (χ4n) is 4.00. The summed E-state index contributed by atoms with van der Waals surface area (Å²) < 4.78 is 65.4. The van der Waals surface area contributed by atoms with Crippen LogP contribution in [0.15, 0.2) is 68.3 Å². The van der Waals surface area contributed by atoms with Crippen molar-refractivity contribution in [3.05, 3.63) is 68.3 Å². The minimum Gasteiger partial charge on any atom is -0.491 e. The molecule has 0 spiro atoms. The van der Waals surface area contributed by atoms with Crippen LogP contribution in [0.25, 0.3) is 10.8 Å². The molecule has 0 saturated heterocycles. The van der Waals surface area contributed by atoms with Crippen molar-refractivity contribution in [2.75, 3.05) is 119 Å². The average molecular weight is 735 g/mol. The average Bonchev–Trinajstić information content (AvgIpc) is 3.16. The lowest BCUT2D eigenvalue weighted by Crippen LogP contribution is -2.14. The van der Waals surface area contributed by atoms with E-state index in [4.69, 9.17) is 56.8 Å². The van der Waals surface area contributed by atoms with Crippen LogP contribution in [0.3, 0.4) is 0 Å². The van der Waals surface area contributed by atoms with E-state index in [1.807, 2.05) is 30.3 Å². The maximum Gasteiger partial charge on any atom is 0.330 e. The van der Waals surface area contributed by atoms with E-state index in [0.717, 1.165) is 29.0 Å². The number of hydrogen-bond acceptors (Lipinski definition) is 15. The van der Waals surface area contributed by atoms with E-state index in [0.29, 0.717) is 89.9 Å². The maximum atomic E-state index is 11.0. The Kier molecular flexibility index (Phi) is 24.4. The van der Waals surface area contributed by atoms with E-state index in [1.54, 1.807) is 0 Å². The molecule has 2 aromatic rings. The van der Waals surface area contributed by atoms with Crippen molar-refractivity contribution in [1.82, 2.24) is 0 Å². The van der Waals surface area contributed by atoms with E-state index < -0.39 is 17.9 Å². The van der Waals surface area contributed by atoms with Gasteiger partial charge in [0.15, 0.2) is 0 Å². The lowest BCUT2D eigenvalue weighted by molar-refractivity contribution is -0.140. The molecule has 0 bridgehead atoms. The Bertz CT molecular complexity index is 1350. The van der Waals surface area contributed by atoms with E-state index >= 15 is 0 Å². The SMILES string of the molecule is C=CC(=O)OCCOCCOCCOc1ccc2c(OCCOCCOCCOC(=O)C=C)ccc(OCCOCCOCCOC(=O)C=C)c2c1. The number of hydrogen-bond donors (Lipinski definition) is 0. The van der Waals surface area contributed by atoms with Gasteiger partial charge in [0.1, 0.15) is 56.9 Å². The number of carbonyl (C=O) groups excluding carboxylic acids is 3. The van der Waals surface area contributed by atoms with E-state index in [2.05, 4.69) is 19.7 Å². The van der Waals surface area contributed by atoms with Gasteiger partial charge in [0.25, 0.3) is 0 Å². The molecular formula is C37H50O15. The first-order valence-electron chi connectivity index (χ1n) is 16.8. The summed E-state index contributed by atoms with van der Waals surface area (Å²) in [5.41, 5.74) is 0. The van der Waals surface area contributed by atoms with Crippen LogP contribution in [0.1, 0.15) is 0 Å². The Morgan fingerprint density at radius 1 is 0.404 bits per heavy atom. The van der Waals surface area contributed by atoms with Crippen LogP contribution in [-0.4, -0.2) is 137 Å². The molecule has 0 aliphatic rings. The van der Waals surface area contributed by atoms with Crippen LogP contribution >= 0.6 is 0 Å². The molecule has 0 saturated carbocycles. The molecule has 0 radical (unpaired) electrons. The van der Waals surface area contributed by atoms with Crippen LogP contribution in [0.5, 0.6) is 17.2 Å². The quantitative estimate of drug-likeness (QED) is 0.0454. The zero-order valence-electron chi connectivity index (χ0n) is 29.6. The monoisotopic (exact) mass is 734 g/mol. The highest BCUT2D eigenvalue weighted by Gasteiger charge is 2.11. The zero-order valence-corrected chi connectivity index (χ0v) is 29.6. The highest BCUT2D eigenvalue weighted by atomic mass is 16.6. The van der Waals surface area contributed by atoms with Gasteiger partial charge in [-0.05, 0) is 30.3 Å². The summed E-state index contributed by atoms with van der Waals surface area (Å²) >= 11 is 0. The van der Waals surface area contributed by atoms with E-state index in [9.17, 15) is 14.4 Å². The summed E-state index contributed by atoms with van der Waals surface area (Å²) in [6, 6.07) is 9.27. The van der Waals surface area contributed by atoms with Crippen molar-refractivity contribution in [2.45, 2.75) is 0 Å². The lowest BCUT2D eigenvalue weighted by atomic mass is 10.1. The minimum absolute atomic E-state index is 0.145. The van der Waals surface area contributed by atoms with Crippen LogP contribution < -0.4 is 14.2 Å². The van der Waals surface area contributed by atoms with Gasteiger partial charge in [0.05, 0.1) is 79.3 Å². The third kappa shape index (κ3) is 20.4. The number of esters is 3. The fraction of sp³-hybridized carbons (Fsp3) is 0.486. The topological polar surface area (TPSA) is 162 Å². The second-order valence-electron chi connectivity index (χ2n) is 10.1. The van der Waals surface area contributed by atoms with Gasteiger partial charge in [-0.3, -0.25) is 0 Å². The summed E-state index contributed by atoms with van der Waals surface area (Å²) in [5, 5.41) is 1.60. The van der Waals surface area contributed by atoms with E-state index in [-0.39, 0.29) is 46.2 Å². The molecule has 0 aromatic heterocycles. The number of benzene rings is 2. The van der Waals surface area contributed by atoms with Gasteiger partial charge in [-0.25, -0.2) is 14.4 Å².